The zero-order valence-corrected chi connectivity index (χ0v) is 20.9. The molecule has 0 unspecified atom stereocenters. The monoisotopic (exact) mass is 496 g/mol. The summed E-state index contributed by atoms with van der Waals surface area (Å²) >= 11 is 1.01. The number of hydrogen-bond donors (Lipinski definition) is 2. The van der Waals surface area contributed by atoms with E-state index < -0.39 is 17.1 Å². The highest BCUT2D eigenvalue weighted by atomic mass is 32.2. The predicted molar refractivity (Wildman–Crippen MR) is 138 cm³/mol. The van der Waals surface area contributed by atoms with Gasteiger partial charge < -0.3 is 15.2 Å². The van der Waals surface area contributed by atoms with Gasteiger partial charge in [-0.25, -0.2) is 9.79 Å². The Labute approximate surface area is 207 Å². The summed E-state index contributed by atoms with van der Waals surface area (Å²) in [5.74, 6) is -0.107. The minimum atomic E-state index is -0.694. The lowest BCUT2D eigenvalue weighted by atomic mass is 10.1. The average Bonchev–Trinajstić information content (AvgIpc) is 2.88. The number of aromatic nitrogens is 2. The second kappa shape index (κ2) is 11.6. The summed E-state index contributed by atoms with van der Waals surface area (Å²) < 4.78 is 7.00. The Morgan fingerprint density at radius 3 is 2.26 bits per heavy atom. The Kier molecular flexibility index (Phi) is 8.53. The molecule has 0 bridgehead atoms. The molecule has 0 aliphatic carbocycles. The molecule has 0 spiro atoms. The first kappa shape index (κ1) is 25.8. The third kappa shape index (κ3) is 6.21. The average molecular weight is 497 g/mol. The van der Waals surface area contributed by atoms with Crippen molar-refractivity contribution in [2.24, 2.45) is 19.1 Å². The van der Waals surface area contributed by atoms with Crippen LogP contribution in [0.5, 0.6) is 11.6 Å². The maximum Gasteiger partial charge on any atom is 0.333 e. The molecule has 1 amide bonds. The molecule has 0 aliphatic heterocycles. The van der Waals surface area contributed by atoms with Crippen LogP contribution in [0.25, 0.3) is 0 Å². The summed E-state index contributed by atoms with van der Waals surface area (Å²) in [5.41, 5.74) is 1.09. The van der Waals surface area contributed by atoms with Gasteiger partial charge in [0.1, 0.15) is 16.4 Å². The third-order valence-corrected chi connectivity index (χ3v) is 6.39. The molecule has 0 fully saturated rings. The summed E-state index contributed by atoms with van der Waals surface area (Å²) in [7, 11) is 4.27. The van der Waals surface area contributed by atoms with Gasteiger partial charge in [-0.1, -0.05) is 43.0 Å². The number of benzene rings is 2. The van der Waals surface area contributed by atoms with Crippen LogP contribution in [0, 0.1) is 0 Å². The van der Waals surface area contributed by atoms with Crippen molar-refractivity contribution in [3.05, 3.63) is 86.1 Å². The largest absolute Gasteiger partial charge is 0.497 e. The van der Waals surface area contributed by atoms with E-state index in [1.807, 2.05) is 43.3 Å². The summed E-state index contributed by atoms with van der Waals surface area (Å²) in [6, 6.07) is 14.8. The van der Waals surface area contributed by atoms with E-state index in [1.165, 1.54) is 14.1 Å². The molecule has 35 heavy (non-hydrogen) atoms. The summed E-state index contributed by atoms with van der Waals surface area (Å²) in [6.45, 7) is 2.36. The summed E-state index contributed by atoms with van der Waals surface area (Å²) in [5, 5.41) is 13.6. The minimum Gasteiger partial charge on any atom is -0.497 e. The van der Waals surface area contributed by atoms with Crippen molar-refractivity contribution in [2.75, 3.05) is 12.9 Å². The van der Waals surface area contributed by atoms with Crippen LogP contribution in [0.15, 0.2) is 63.1 Å². The number of hydrogen-bond acceptors (Lipinski definition) is 7. The van der Waals surface area contributed by atoms with Gasteiger partial charge in [0.25, 0.3) is 5.56 Å². The first-order chi connectivity index (χ1) is 16.7. The smallest absolute Gasteiger partial charge is 0.333 e. The van der Waals surface area contributed by atoms with Crippen LogP contribution < -0.4 is 21.3 Å². The number of carbonyl (C=O) groups excluding carboxylic acids is 1. The molecular weight excluding hydrogens is 468 g/mol. The lowest BCUT2D eigenvalue weighted by Gasteiger charge is -2.13. The highest BCUT2D eigenvalue weighted by Crippen LogP contribution is 2.23. The van der Waals surface area contributed by atoms with Gasteiger partial charge in [-0.3, -0.25) is 18.7 Å². The normalized spacial score (nSPS) is 11.4. The van der Waals surface area contributed by atoms with Crippen molar-refractivity contribution >= 4 is 28.4 Å². The van der Waals surface area contributed by atoms with Crippen molar-refractivity contribution in [1.29, 1.82) is 0 Å². The fourth-order valence-corrected chi connectivity index (χ4v) is 4.10. The third-order valence-electron chi connectivity index (χ3n) is 5.41. The lowest BCUT2D eigenvalue weighted by molar-refractivity contribution is -0.118. The van der Waals surface area contributed by atoms with E-state index >= 15 is 0 Å². The molecule has 0 saturated carbocycles. The Balaban J connectivity index is 1.86. The van der Waals surface area contributed by atoms with E-state index in [-0.39, 0.29) is 22.3 Å². The highest BCUT2D eigenvalue weighted by Gasteiger charge is 2.21. The Morgan fingerprint density at radius 2 is 1.66 bits per heavy atom. The van der Waals surface area contributed by atoms with Gasteiger partial charge in [-0.15, -0.1) is 0 Å². The number of nitrogens with one attached hydrogen (secondary N) is 1. The van der Waals surface area contributed by atoms with Gasteiger partial charge in [-0.05, 0) is 41.8 Å². The molecule has 0 aliphatic rings. The molecule has 0 radical (unpaired) electrons. The molecule has 184 valence electrons. The fourth-order valence-electron chi connectivity index (χ4n) is 3.23. The number of carbonyl (C=O) groups is 1. The van der Waals surface area contributed by atoms with Crippen LogP contribution in [0.4, 0.5) is 5.69 Å². The molecule has 0 atom stereocenters. The standard InChI is InChI=1S/C25H28N4O5S/c1-5-16-6-10-18(11-7-16)27-22(21-23(31)28(2)25(33)29(3)24(21)32)35-15-20(30)26-14-17-8-12-19(34-4)13-9-17/h6-13,31H,5,14-15H2,1-4H3,(H,26,30). The second-order valence-corrected chi connectivity index (χ2v) is 8.72. The SMILES string of the molecule is CCc1ccc(N=C(SCC(=O)NCc2ccc(OC)cc2)c2c(O)n(C)c(=O)n(C)c2=O)cc1. The number of thioether (sulfide) groups is 1. The first-order valence-corrected chi connectivity index (χ1v) is 11.9. The quantitative estimate of drug-likeness (QED) is 0.366. The first-order valence-electron chi connectivity index (χ1n) is 10.9. The minimum absolute atomic E-state index is 0.0481. The van der Waals surface area contributed by atoms with E-state index in [9.17, 15) is 19.5 Å². The molecule has 2 aromatic carbocycles. The maximum atomic E-state index is 12.9. The van der Waals surface area contributed by atoms with Gasteiger partial charge in [0.2, 0.25) is 11.8 Å². The lowest BCUT2D eigenvalue weighted by Crippen LogP contribution is -2.39. The molecule has 3 aromatic rings. The summed E-state index contributed by atoms with van der Waals surface area (Å²) in [6.07, 6.45) is 0.863. The van der Waals surface area contributed by atoms with E-state index in [1.54, 1.807) is 19.2 Å². The van der Waals surface area contributed by atoms with Crippen LogP contribution >= 0.6 is 11.8 Å². The van der Waals surface area contributed by atoms with Gasteiger partial charge >= 0.3 is 5.69 Å². The van der Waals surface area contributed by atoms with Crippen molar-refractivity contribution in [1.82, 2.24) is 14.5 Å². The predicted octanol–water partition coefficient (Wildman–Crippen LogP) is 2.49. The molecular formula is C25H28N4O5S. The number of amides is 1. The fraction of sp³-hybridized carbons (Fsp3) is 0.280. The van der Waals surface area contributed by atoms with Gasteiger partial charge in [0.15, 0.2) is 0 Å². The Morgan fingerprint density at radius 1 is 1.03 bits per heavy atom. The number of methoxy groups -OCH3 is 1. The van der Waals surface area contributed by atoms with E-state index in [0.29, 0.717) is 12.2 Å². The molecule has 1 heterocycles. The number of aromatic hydroxyl groups is 1. The van der Waals surface area contributed by atoms with Gasteiger partial charge in [0, 0.05) is 20.6 Å². The number of ether oxygens (including phenoxy) is 1. The molecule has 3 rings (SSSR count). The Hall–Kier alpha value is -3.79. The molecule has 9 nitrogen and oxygen atoms in total. The topological polar surface area (TPSA) is 115 Å². The number of aryl methyl sites for hydroxylation is 1. The van der Waals surface area contributed by atoms with Crippen molar-refractivity contribution < 1.29 is 14.6 Å². The van der Waals surface area contributed by atoms with Crippen LogP contribution in [-0.2, 0) is 31.9 Å². The second-order valence-electron chi connectivity index (χ2n) is 7.75. The zero-order valence-electron chi connectivity index (χ0n) is 20.1. The maximum absolute atomic E-state index is 12.9. The molecule has 1 aromatic heterocycles. The van der Waals surface area contributed by atoms with Crippen molar-refractivity contribution in [3.8, 4) is 11.6 Å². The van der Waals surface area contributed by atoms with E-state index in [0.717, 1.165) is 44.2 Å². The number of nitrogens with zero attached hydrogens (tertiary/aromatic N) is 3. The number of aliphatic imine (C=N–C) groups is 1. The van der Waals surface area contributed by atoms with Crippen LogP contribution in [0.2, 0.25) is 0 Å². The van der Waals surface area contributed by atoms with Crippen LogP contribution in [-0.4, -0.2) is 38.1 Å². The molecule has 2 N–H and O–H groups in total. The van der Waals surface area contributed by atoms with Crippen molar-refractivity contribution in [3.63, 3.8) is 0 Å². The van der Waals surface area contributed by atoms with Crippen molar-refractivity contribution in [2.45, 2.75) is 19.9 Å². The summed E-state index contributed by atoms with van der Waals surface area (Å²) in [4.78, 5) is 42.2. The van der Waals surface area contributed by atoms with Gasteiger partial charge in [-0.2, -0.15) is 0 Å². The van der Waals surface area contributed by atoms with Gasteiger partial charge in [0.05, 0.1) is 18.6 Å². The van der Waals surface area contributed by atoms with Crippen LogP contribution in [0.1, 0.15) is 23.6 Å². The van der Waals surface area contributed by atoms with Crippen LogP contribution in [0.3, 0.4) is 0 Å². The molecule has 0 saturated heterocycles. The number of rotatable bonds is 8. The molecule has 10 heteroatoms. The van der Waals surface area contributed by atoms with E-state index in [2.05, 4.69) is 10.3 Å². The highest BCUT2D eigenvalue weighted by molar-refractivity contribution is 8.15. The Bertz CT molecular complexity index is 1340. The van der Waals surface area contributed by atoms with E-state index in [4.69, 9.17) is 4.74 Å². The zero-order chi connectivity index (χ0) is 25.5.